The van der Waals surface area contributed by atoms with Gasteiger partial charge in [-0.3, -0.25) is 9.78 Å². The minimum absolute atomic E-state index is 0.216. The zero-order chi connectivity index (χ0) is 21.1. The molecule has 0 bridgehead atoms. The lowest BCUT2D eigenvalue weighted by molar-refractivity contribution is 0.102. The third-order valence-corrected chi connectivity index (χ3v) is 4.37. The summed E-state index contributed by atoms with van der Waals surface area (Å²) in [5.41, 5.74) is 0.444. The highest BCUT2D eigenvalue weighted by molar-refractivity contribution is 6.06. The quantitative estimate of drug-likeness (QED) is 0.647. The zero-order valence-corrected chi connectivity index (χ0v) is 16.4. The number of aryl methyl sites for hydroxylation is 1. The molecule has 2 N–H and O–H groups in total. The molecule has 0 aliphatic heterocycles. The molecule has 9 nitrogen and oxygen atoms in total. The van der Waals surface area contributed by atoms with Crippen LogP contribution < -0.4 is 25.2 Å². The second kappa shape index (κ2) is 8.19. The molecule has 0 atom stereocenters. The molecule has 2 heterocycles. The molecule has 29 heavy (non-hydrogen) atoms. The summed E-state index contributed by atoms with van der Waals surface area (Å²) >= 11 is 0. The summed E-state index contributed by atoms with van der Waals surface area (Å²) in [6.07, 6.45) is 1.47. The molecule has 0 saturated carbocycles. The Morgan fingerprint density at radius 2 is 1.79 bits per heavy atom. The van der Waals surface area contributed by atoms with Gasteiger partial charge in [-0.05, 0) is 13.0 Å². The SMILES string of the molecule is COc1cc(NC(=O)c2cc3c(CO)cnc(C)c3oc2=O)cc(OC)c1OC. The van der Waals surface area contributed by atoms with Crippen molar-refractivity contribution in [2.75, 3.05) is 26.6 Å². The topological polar surface area (TPSA) is 120 Å². The number of aliphatic hydroxyl groups is 1. The van der Waals surface area contributed by atoms with Crippen LogP contribution in [0.4, 0.5) is 5.69 Å². The Bertz CT molecular complexity index is 1110. The summed E-state index contributed by atoms with van der Waals surface area (Å²) in [5.74, 6) is 0.371. The van der Waals surface area contributed by atoms with Gasteiger partial charge in [0.15, 0.2) is 17.1 Å². The predicted octanol–water partition coefficient (Wildman–Crippen LogP) is 2.27. The monoisotopic (exact) mass is 400 g/mol. The summed E-state index contributed by atoms with van der Waals surface area (Å²) in [4.78, 5) is 29.2. The molecule has 0 aliphatic carbocycles. The number of hydrogen-bond acceptors (Lipinski definition) is 8. The van der Waals surface area contributed by atoms with Gasteiger partial charge in [0.25, 0.3) is 5.91 Å². The summed E-state index contributed by atoms with van der Waals surface area (Å²) in [6, 6.07) is 4.46. The molecular formula is C20H20N2O7. The molecule has 0 spiro atoms. The molecule has 0 saturated heterocycles. The Labute approximate surface area is 165 Å². The summed E-state index contributed by atoms with van der Waals surface area (Å²) < 4.78 is 21.1. The molecule has 1 aromatic carbocycles. The number of ether oxygens (including phenoxy) is 3. The van der Waals surface area contributed by atoms with E-state index in [4.69, 9.17) is 18.6 Å². The third kappa shape index (κ3) is 3.72. The maximum absolute atomic E-state index is 12.8. The van der Waals surface area contributed by atoms with Crippen LogP contribution in [-0.2, 0) is 6.61 Å². The number of carbonyl (C=O) groups is 1. The molecule has 152 valence electrons. The summed E-state index contributed by atoms with van der Waals surface area (Å²) in [5, 5.41) is 12.6. The van der Waals surface area contributed by atoms with Crippen LogP contribution in [0, 0.1) is 6.92 Å². The number of nitrogens with one attached hydrogen (secondary N) is 1. The van der Waals surface area contributed by atoms with Crippen molar-refractivity contribution in [2.24, 2.45) is 0 Å². The average molecular weight is 400 g/mol. The van der Waals surface area contributed by atoms with E-state index in [1.807, 2.05) is 0 Å². The molecule has 9 heteroatoms. The van der Waals surface area contributed by atoms with Crippen molar-refractivity contribution in [1.29, 1.82) is 0 Å². The zero-order valence-electron chi connectivity index (χ0n) is 16.4. The number of methoxy groups -OCH3 is 3. The number of aromatic nitrogens is 1. The van der Waals surface area contributed by atoms with Crippen molar-refractivity contribution >= 4 is 22.6 Å². The first-order valence-electron chi connectivity index (χ1n) is 8.58. The number of rotatable bonds is 6. The van der Waals surface area contributed by atoms with E-state index in [0.29, 0.717) is 39.6 Å². The highest BCUT2D eigenvalue weighted by atomic mass is 16.5. The number of anilines is 1. The highest BCUT2D eigenvalue weighted by Crippen LogP contribution is 2.40. The first kappa shape index (κ1) is 20.2. The number of benzene rings is 1. The number of amides is 1. The van der Waals surface area contributed by atoms with Gasteiger partial charge < -0.3 is 29.1 Å². The maximum Gasteiger partial charge on any atom is 0.349 e. The second-order valence-corrected chi connectivity index (χ2v) is 6.09. The first-order valence-corrected chi connectivity index (χ1v) is 8.58. The Hall–Kier alpha value is -3.59. The van der Waals surface area contributed by atoms with E-state index < -0.39 is 11.5 Å². The smallest absolute Gasteiger partial charge is 0.349 e. The van der Waals surface area contributed by atoms with Gasteiger partial charge in [0.1, 0.15) is 5.56 Å². The Morgan fingerprint density at radius 1 is 1.14 bits per heavy atom. The minimum Gasteiger partial charge on any atom is -0.493 e. The van der Waals surface area contributed by atoms with E-state index in [9.17, 15) is 14.7 Å². The summed E-state index contributed by atoms with van der Waals surface area (Å²) in [7, 11) is 4.37. The van der Waals surface area contributed by atoms with E-state index in [1.54, 1.807) is 6.92 Å². The van der Waals surface area contributed by atoms with Gasteiger partial charge in [-0.25, -0.2) is 4.79 Å². The molecule has 3 aromatic rings. The van der Waals surface area contributed by atoms with Crippen molar-refractivity contribution in [3.05, 3.63) is 51.6 Å². The molecule has 1 amide bonds. The van der Waals surface area contributed by atoms with Crippen LogP contribution in [0.25, 0.3) is 11.0 Å². The molecule has 2 aromatic heterocycles. The number of aliphatic hydroxyl groups excluding tert-OH is 1. The van der Waals surface area contributed by atoms with Crippen LogP contribution in [-0.4, -0.2) is 37.3 Å². The van der Waals surface area contributed by atoms with Crippen molar-refractivity contribution in [3.8, 4) is 17.2 Å². The van der Waals surface area contributed by atoms with Crippen LogP contribution in [0.5, 0.6) is 17.2 Å². The lowest BCUT2D eigenvalue weighted by Crippen LogP contribution is -2.21. The standard InChI is InChI=1S/C20H20N2O7/c1-10-17-13(11(9-23)8-21-10)7-14(20(25)29-17)19(24)22-12-5-15(26-2)18(28-4)16(6-12)27-3/h5-8,23H,9H2,1-4H3,(H,22,24). The highest BCUT2D eigenvalue weighted by Gasteiger charge is 2.19. The molecular weight excluding hydrogens is 380 g/mol. The van der Waals surface area contributed by atoms with Crippen LogP contribution in [0.3, 0.4) is 0 Å². The molecule has 3 rings (SSSR count). The average Bonchev–Trinajstić information content (AvgIpc) is 2.73. The molecule has 0 radical (unpaired) electrons. The predicted molar refractivity (Wildman–Crippen MR) is 105 cm³/mol. The first-order chi connectivity index (χ1) is 13.9. The number of fused-ring (bicyclic) bond motifs is 1. The lowest BCUT2D eigenvalue weighted by atomic mass is 10.1. The van der Waals surface area contributed by atoms with Gasteiger partial charge in [-0.15, -0.1) is 0 Å². The van der Waals surface area contributed by atoms with E-state index in [0.717, 1.165) is 0 Å². The number of pyridine rings is 1. The Morgan fingerprint density at radius 3 is 2.34 bits per heavy atom. The van der Waals surface area contributed by atoms with Crippen molar-refractivity contribution in [1.82, 2.24) is 4.98 Å². The van der Waals surface area contributed by atoms with Gasteiger partial charge >= 0.3 is 5.63 Å². The number of carbonyl (C=O) groups excluding carboxylic acids is 1. The summed E-state index contributed by atoms with van der Waals surface area (Å²) in [6.45, 7) is 1.35. The van der Waals surface area contributed by atoms with Crippen LogP contribution in [0.2, 0.25) is 0 Å². The fourth-order valence-electron chi connectivity index (χ4n) is 2.92. The lowest BCUT2D eigenvalue weighted by Gasteiger charge is -2.14. The second-order valence-electron chi connectivity index (χ2n) is 6.09. The van der Waals surface area contributed by atoms with Crippen molar-refractivity contribution in [3.63, 3.8) is 0 Å². The van der Waals surface area contributed by atoms with Gasteiger partial charge in [0.05, 0.1) is 33.6 Å². The van der Waals surface area contributed by atoms with Crippen molar-refractivity contribution < 1.29 is 28.5 Å². The third-order valence-electron chi connectivity index (χ3n) is 4.37. The van der Waals surface area contributed by atoms with Gasteiger partial charge in [-0.2, -0.15) is 0 Å². The van der Waals surface area contributed by atoms with Crippen LogP contribution in [0.15, 0.2) is 33.6 Å². The number of hydrogen-bond donors (Lipinski definition) is 2. The largest absolute Gasteiger partial charge is 0.493 e. The van der Waals surface area contributed by atoms with E-state index in [-0.39, 0.29) is 17.8 Å². The fraction of sp³-hybridized carbons (Fsp3) is 0.250. The van der Waals surface area contributed by atoms with Crippen LogP contribution in [0.1, 0.15) is 21.6 Å². The van der Waals surface area contributed by atoms with Gasteiger partial charge in [-0.1, -0.05) is 0 Å². The van der Waals surface area contributed by atoms with Gasteiger partial charge in [0, 0.05) is 35.0 Å². The molecule has 0 unspecified atom stereocenters. The maximum atomic E-state index is 12.8. The molecule has 0 aliphatic rings. The van der Waals surface area contributed by atoms with Crippen molar-refractivity contribution in [2.45, 2.75) is 13.5 Å². The normalized spacial score (nSPS) is 10.7. The van der Waals surface area contributed by atoms with E-state index >= 15 is 0 Å². The van der Waals surface area contributed by atoms with E-state index in [1.165, 1.54) is 45.7 Å². The van der Waals surface area contributed by atoms with Gasteiger partial charge in [0.2, 0.25) is 5.75 Å². The Kier molecular flexibility index (Phi) is 5.69. The van der Waals surface area contributed by atoms with Crippen LogP contribution >= 0.6 is 0 Å². The van der Waals surface area contributed by atoms with E-state index in [2.05, 4.69) is 10.3 Å². The molecule has 0 fully saturated rings. The minimum atomic E-state index is -0.817. The number of nitrogens with zero attached hydrogens (tertiary/aromatic N) is 1. The fourth-order valence-corrected chi connectivity index (χ4v) is 2.92. The Balaban J connectivity index is 2.05.